The summed E-state index contributed by atoms with van der Waals surface area (Å²) in [4.78, 5) is 39.7. The van der Waals surface area contributed by atoms with Gasteiger partial charge in [-0.3, -0.25) is 19.4 Å². The van der Waals surface area contributed by atoms with Gasteiger partial charge in [-0.05, 0) is 36.1 Å². The van der Waals surface area contributed by atoms with Gasteiger partial charge >= 0.3 is 5.97 Å². The Balaban J connectivity index is 1.83. The van der Waals surface area contributed by atoms with E-state index in [1.54, 1.807) is 0 Å². The summed E-state index contributed by atoms with van der Waals surface area (Å²) in [6.07, 6.45) is 1.39. The van der Waals surface area contributed by atoms with Gasteiger partial charge in [0, 0.05) is 16.9 Å². The number of pyridine rings is 1. The number of nitrogens with one attached hydrogen (secondary N) is 2. The molecule has 0 aliphatic rings. The van der Waals surface area contributed by atoms with Gasteiger partial charge in [-0.25, -0.2) is 0 Å². The Morgan fingerprint density at radius 1 is 1.21 bits per heavy atom. The van der Waals surface area contributed by atoms with Crippen LogP contribution in [-0.4, -0.2) is 35.9 Å². The number of esters is 1. The van der Waals surface area contributed by atoms with E-state index in [9.17, 15) is 14.4 Å². The van der Waals surface area contributed by atoms with Gasteiger partial charge in [-0.1, -0.05) is 43.6 Å². The minimum absolute atomic E-state index is 0.0822. The van der Waals surface area contributed by atoms with Gasteiger partial charge in [0.2, 0.25) is 0 Å². The number of benzene rings is 1. The zero-order valence-corrected chi connectivity index (χ0v) is 16.7. The molecule has 2 aromatic rings. The van der Waals surface area contributed by atoms with Crippen molar-refractivity contribution in [3.05, 3.63) is 58.4 Å². The number of ether oxygens (including phenoxy) is 1. The smallest absolute Gasteiger partial charge is 0.325 e. The number of hydrogen-bond donors (Lipinski definition) is 2. The largest absolute Gasteiger partial charge is 0.454 e. The second-order valence-electron chi connectivity index (χ2n) is 6.44. The number of anilines is 1. The number of amides is 2. The van der Waals surface area contributed by atoms with E-state index < -0.39 is 24.4 Å². The third-order valence-corrected chi connectivity index (χ3v) is 4.14. The lowest BCUT2D eigenvalue weighted by atomic mass is 9.98. The molecule has 7 nitrogen and oxygen atoms in total. The van der Waals surface area contributed by atoms with Gasteiger partial charge in [0.05, 0.1) is 0 Å². The topological polar surface area (TPSA) is 97.4 Å². The van der Waals surface area contributed by atoms with Gasteiger partial charge in [-0.2, -0.15) is 0 Å². The molecule has 0 bridgehead atoms. The summed E-state index contributed by atoms with van der Waals surface area (Å²) >= 11 is 5.79. The highest BCUT2D eigenvalue weighted by Crippen LogP contribution is 2.27. The number of para-hydroxylation sites is 1. The van der Waals surface area contributed by atoms with E-state index in [2.05, 4.69) is 15.6 Å². The van der Waals surface area contributed by atoms with Crippen LogP contribution < -0.4 is 10.6 Å². The highest BCUT2D eigenvalue weighted by atomic mass is 35.5. The molecule has 1 aromatic carbocycles. The molecule has 2 amide bonds. The van der Waals surface area contributed by atoms with Crippen LogP contribution in [0.2, 0.25) is 5.02 Å². The average molecular weight is 404 g/mol. The maximum Gasteiger partial charge on any atom is 0.325 e. The standard InChI is InChI=1S/C20H22ClN3O4/c1-12(2)15-6-4-5-13(3)19(15)24-17(25)11-28-18(26)10-23-20(27)16-9-14(21)7-8-22-16/h4-9,12H,10-11H2,1-3H3,(H,23,27)(H,24,25). The summed E-state index contributed by atoms with van der Waals surface area (Å²) in [5, 5.41) is 5.51. The molecular weight excluding hydrogens is 382 g/mol. The summed E-state index contributed by atoms with van der Waals surface area (Å²) in [7, 11) is 0. The molecule has 1 heterocycles. The average Bonchev–Trinajstić information content (AvgIpc) is 2.65. The molecular formula is C20H22ClN3O4. The fourth-order valence-electron chi connectivity index (χ4n) is 2.49. The first-order valence-corrected chi connectivity index (χ1v) is 9.10. The van der Waals surface area contributed by atoms with Crippen molar-refractivity contribution in [2.45, 2.75) is 26.7 Å². The minimum Gasteiger partial charge on any atom is -0.454 e. The van der Waals surface area contributed by atoms with E-state index >= 15 is 0 Å². The van der Waals surface area contributed by atoms with Crippen LogP contribution in [-0.2, 0) is 14.3 Å². The predicted octanol–water partition coefficient (Wildman–Crippen LogP) is 3.08. The number of aromatic nitrogens is 1. The number of halogens is 1. The Bertz CT molecular complexity index is 884. The predicted molar refractivity (Wildman–Crippen MR) is 106 cm³/mol. The Labute approximate surface area is 168 Å². The van der Waals surface area contributed by atoms with E-state index in [0.717, 1.165) is 16.8 Å². The summed E-state index contributed by atoms with van der Waals surface area (Å²) in [6, 6.07) is 8.68. The second kappa shape index (κ2) is 9.85. The van der Waals surface area contributed by atoms with Gasteiger partial charge in [0.1, 0.15) is 12.2 Å². The molecule has 0 spiro atoms. The van der Waals surface area contributed by atoms with Gasteiger partial charge in [-0.15, -0.1) is 0 Å². The zero-order valence-electron chi connectivity index (χ0n) is 15.9. The quantitative estimate of drug-likeness (QED) is 0.692. The fraction of sp³-hybridized carbons (Fsp3) is 0.300. The molecule has 1 aromatic heterocycles. The van der Waals surface area contributed by atoms with Crippen LogP contribution in [0.4, 0.5) is 5.69 Å². The van der Waals surface area contributed by atoms with Crippen molar-refractivity contribution in [2.75, 3.05) is 18.5 Å². The SMILES string of the molecule is Cc1cccc(C(C)C)c1NC(=O)COC(=O)CNC(=O)c1cc(Cl)ccn1. The first-order valence-electron chi connectivity index (χ1n) is 8.72. The van der Waals surface area contributed by atoms with Crippen molar-refractivity contribution in [3.63, 3.8) is 0 Å². The lowest BCUT2D eigenvalue weighted by molar-refractivity contribution is -0.146. The van der Waals surface area contributed by atoms with E-state index in [4.69, 9.17) is 16.3 Å². The fourth-order valence-corrected chi connectivity index (χ4v) is 2.65. The molecule has 8 heteroatoms. The summed E-state index contributed by atoms with van der Waals surface area (Å²) in [5.41, 5.74) is 2.73. The molecule has 0 aliphatic carbocycles. The van der Waals surface area contributed by atoms with Crippen LogP contribution >= 0.6 is 11.6 Å². The maximum absolute atomic E-state index is 12.1. The second-order valence-corrected chi connectivity index (χ2v) is 6.88. The van der Waals surface area contributed by atoms with E-state index in [1.807, 2.05) is 39.0 Å². The maximum atomic E-state index is 12.1. The molecule has 0 saturated carbocycles. The molecule has 0 unspecified atom stereocenters. The van der Waals surface area contributed by atoms with Crippen molar-refractivity contribution in [1.29, 1.82) is 0 Å². The molecule has 2 rings (SSSR count). The molecule has 28 heavy (non-hydrogen) atoms. The van der Waals surface area contributed by atoms with E-state index in [0.29, 0.717) is 5.02 Å². The number of rotatable bonds is 7. The van der Waals surface area contributed by atoms with Crippen molar-refractivity contribution < 1.29 is 19.1 Å². The summed E-state index contributed by atoms with van der Waals surface area (Å²) < 4.78 is 4.91. The van der Waals surface area contributed by atoms with Gasteiger partial charge in [0.25, 0.3) is 11.8 Å². The monoisotopic (exact) mass is 403 g/mol. The third kappa shape index (κ3) is 6.06. The third-order valence-electron chi connectivity index (χ3n) is 3.90. The number of hydrogen-bond acceptors (Lipinski definition) is 5. The number of aryl methyl sites for hydroxylation is 1. The van der Waals surface area contributed by atoms with Gasteiger partial charge < -0.3 is 15.4 Å². The lowest BCUT2D eigenvalue weighted by Gasteiger charge is -2.16. The van der Waals surface area contributed by atoms with Crippen molar-refractivity contribution >= 4 is 35.1 Å². The first kappa shape index (κ1) is 21.4. The number of nitrogens with zero attached hydrogens (tertiary/aromatic N) is 1. The van der Waals surface area contributed by atoms with Crippen LogP contribution in [0.25, 0.3) is 0 Å². The van der Waals surface area contributed by atoms with Crippen LogP contribution in [0, 0.1) is 6.92 Å². The van der Waals surface area contributed by atoms with Crippen molar-refractivity contribution in [3.8, 4) is 0 Å². The Morgan fingerprint density at radius 3 is 2.64 bits per heavy atom. The highest BCUT2D eigenvalue weighted by molar-refractivity contribution is 6.30. The molecule has 148 valence electrons. The zero-order chi connectivity index (χ0) is 20.7. The van der Waals surface area contributed by atoms with Crippen LogP contribution in [0.5, 0.6) is 0 Å². The van der Waals surface area contributed by atoms with Crippen molar-refractivity contribution in [1.82, 2.24) is 10.3 Å². The molecule has 0 aliphatic heterocycles. The number of carbonyl (C=O) groups is 3. The first-order chi connectivity index (χ1) is 13.3. The van der Waals surface area contributed by atoms with Crippen LogP contribution in [0.3, 0.4) is 0 Å². The van der Waals surface area contributed by atoms with Crippen molar-refractivity contribution in [2.24, 2.45) is 0 Å². The van der Waals surface area contributed by atoms with Gasteiger partial charge in [0.15, 0.2) is 6.61 Å². The molecule has 2 N–H and O–H groups in total. The number of carbonyl (C=O) groups excluding carboxylic acids is 3. The molecule has 0 saturated heterocycles. The molecule has 0 radical (unpaired) electrons. The Kier molecular flexibility index (Phi) is 7.52. The van der Waals surface area contributed by atoms with Crippen LogP contribution in [0.1, 0.15) is 41.4 Å². The molecule has 0 atom stereocenters. The Hall–Kier alpha value is -2.93. The summed E-state index contributed by atoms with van der Waals surface area (Å²) in [5.74, 6) is -1.52. The normalized spacial score (nSPS) is 10.5. The summed E-state index contributed by atoms with van der Waals surface area (Å²) in [6.45, 7) is 5.12. The lowest BCUT2D eigenvalue weighted by Crippen LogP contribution is -2.32. The van der Waals surface area contributed by atoms with E-state index in [1.165, 1.54) is 18.3 Å². The molecule has 0 fully saturated rings. The minimum atomic E-state index is -0.737. The van der Waals surface area contributed by atoms with Crippen LogP contribution in [0.15, 0.2) is 36.5 Å². The van der Waals surface area contributed by atoms with E-state index in [-0.39, 0.29) is 18.2 Å². The highest BCUT2D eigenvalue weighted by Gasteiger charge is 2.15. The Morgan fingerprint density at radius 2 is 1.96 bits per heavy atom.